The molecule has 3 rings (SSSR count). The molecule has 7 heteroatoms. The molecule has 5 nitrogen and oxygen atoms in total. The minimum atomic E-state index is -0.463. The molecule has 2 aromatic rings. The van der Waals surface area contributed by atoms with Crippen LogP contribution in [0.3, 0.4) is 0 Å². The molecule has 0 aromatic heterocycles. The predicted molar refractivity (Wildman–Crippen MR) is 108 cm³/mol. The van der Waals surface area contributed by atoms with Crippen LogP contribution < -0.4 is 14.4 Å². The lowest BCUT2D eigenvalue weighted by Crippen LogP contribution is -2.31. The third kappa shape index (κ3) is 3.75. The van der Waals surface area contributed by atoms with Crippen LogP contribution in [0.1, 0.15) is 19.4 Å². The fourth-order valence-electron chi connectivity index (χ4n) is 2.88. The molecule has 1 aliphatic heterocycles. The molecule has 0 bridgehead atoms. The normalized spacial score (nSPS) is 14.3. The lowest BCUT2D eigenvalue weighted by molar-refractivity contribution is -0.119. The van der Waals surface area contributed by atoms with Crippen LogP contribution in [0.5, 0.6) is 11.5 Å². The highest BCUT2D eigenvalue weighted by Crippen LogP contribution is 2.41. The molecule has 1 aliphatic rings. The van der Waals surface area contributed by atoms with Gasteiger partial charge in [0.15, 0.2) is 0 Å². The van der Waals surface area contributed by atoms with E-state index in [4.69, 9.17) is 9.47 Å². The summed E-state index contributed by atoms with van der Waals surface area (Å²) >= 11 is 1.31. The van der Waals surface area contributed by atoms with E-state index in [1.54, 1.807) is 18.2 Å². The van der Waals surface area contributed by atoms with Crippen molar-refractivity contribution in [3.05, 3.63) is 58.8 Å². The third-order valence-electron chi connectivity index (χ3n) is 4.12. The van der Waals surface area contributed by atoms with Gasteiger partial charge in [0.05, 0.1) is 30.4 Å². The van der Waals surface area contributed by atoms with E-state index in [1.165, 1.54) is 50.2 Å². The summed E-state index contributed by atoms with van der Waals surface area (Å²) in [6, 6.07) is 10.4. The van der Waals surface area contributed by atoms with Crippen molar-refractivity contribution in [3.63, 3.8) is 0 Å². The standard InChI is InChI=1S/C21H20FNO4S/c1-12(2)28-19-18(13-5-7-14(22)8-6-13)20(24)23(21(19)25)15-9-16(26-3)11-17(10-15)27-4/h5-12H,1-4H3. The molecule has 2 amide bonds. The van der Waals surface area contributed by atoms with Gasteiger partial charge in [0, 0.05) is 23.4 Å². The van der Waals surface area contributed by atoms with E-state index in [9.17, 15) is 14.0 Å². The minimum absolute atomic E-state index is 0.0852. The Kier molecular flexibility index (Phi) is 5.74. The lowest BCUT2D eigenvalue weighted by Gasteiger charge is -2.17. The first-order valence-corrected chi connectivity index (χ1v) is 9.52. The first-order valence-electron chi connectivity index (χ1n) is 8.64. The van der Waals surface area contributed by atoms with Gasteiger partial charge < -0.3 is 9.47 Å². The summed E-state index contributed by atoms with van der Waals surface area (Å²) in [5, 5.41) is 0.0852. The van der Waals surface area contributed by atoms with E-state index >= 15 is 0 Å². The molecule has 28 heavy (non-hydrogen) atoms. The Morgan fingerprint density at radius 2 is 1.50 bits per heavy atom. The van der Waals surface area contributed by atoms with Crippen molar-refractivity contribution >= 4 is 34.8 Å². The number of amides is 2. The maximum absolute atomic E-state index is 13.4. The molecule has 146 valence electrons. The third-order valence-corrected chi connectivity index (χ3v) is 5.21. The van der Waals surface area contributed by atoms with Crippen molar-refractivity contribution in [3.8, 4) is 11.5 Å². The average molecular weight is 401 g/mol. The van der Waals surface area contributed by atoms with Gasteiger partial charge in [-0.2, -0.15) is 0 Å². The Bertz CT molecular complexity index is 931. The number of nitrogens with zero attached hydrogens (tertiary/aromatic N) is 1. The number of hydrogen-bond donors (Lipinski definition) is 0. The highest BCUT2D eigenvalue weighted by atomic mass is 32.2. The van der Waals surface area contributed by atoms with Crippen LogP contribution in [0.4, 0.5) is 10.1 Å². The van der Waals surface area contributed by atoms with Crippen LogP contribution in [0.15, 0.2) is 47.4 Å². The zero-order chi connectivity index (χ0) is 20.4. The van der Waals surface area contributed by atoms with Gasteiger partial charge in [0.2, 0.25) is 0 Å². The molecule has 0 saturated heterocycles. The van der Waals surface area contributed by atoms with Gasteiger partial charge in [-0.3, -0.25) is 9.59 Å². The molecule has 0 saturated carbocycles. The second kappa shape index (κ2) is 8.06. The molecule has 1 heterocycles. The maximum Gasteiger partial charge on any atom is 0.272 e. The van der Waals surface area contributed by atoms with E-state index in [1.807, 2.05) is 13.8 Å². The number of benzene rings is 2. The highest BCUT2D eigenvalue weighted by Gasteiger charge is 2.40. The molecule has 0 radical (unpaired) electrons. The number of ether oxygens (including phenoxy) is 2. The maximum atomic E-state index is 13.4. The quantitative estimate of drug-likeness (QED) is 0.677. The number of thioether (sulfide) groups is 1. The van der Waals surface area contributed by atoms with Crippen LogP contribution >= 0.6 is 11.8 Å². The fourth-order valence-corrected chi connectivity index (χ4v) is 3.87. The number of carbonyl (C=O) groups is 2. The predicted octanol–water partition coefficient (Wildman–Crippen LogP) is 4.27. The summed E-state index contributed by atoms with van der Waals surface area (Å²) < 4.78 is 23.9. The Labute approximate surface area is 167 Å². The second-order valence-electron chi connectivity index (χ2n) is 6.39. The smallest absolute Gasteiger partial charge is 0.272 e. The molecule has 0 aliphatic carbocycles. The summed E-state index contributed by atoms with van der Waals surface area (Å²) in [5.41, 5.74) is 1.12. The van der Waals surface area contributed by atoms with Gasteiger partial charge in [-0.25, -0.2) is 9.29 Å². The summed E-state index contributed by atoms with van der Waals surface area (Å²) in [4.78, 5) is 27.9. The van der Waals surface area contributed by atoms with Crippen molar-refractivity contribution in [2.24, 2.45) is 0 Å². The first kappa shape index (κ1) is 19.9. The summed E-state index contributed by atoms with van der Waals surface area (Å²) in [7, 11) is 2.99. The molecule has 0 atom stereocenters. The van der Waals surface area contributed by atoms with Gasteiger partial charge in [0.25, 0.3) is 11.8 Å². The molecule has 0 unspecified atom stereocenters. The fraction of sp³-hybridized carbons (Fsp3) is 0.238. The Morgan fingerprint density at radius 1 is 0.929 bits per heavy atom. The molecule has 0 N–H and O–H groups in total. The van der Waals surface area contributed by atoms with E-state index in [0.29, 0.717) is 27.7 Å². The molecule has 2 aromatic carbocycles. The van der Waals surface area contributed by atoms with Crippen molar-refractivity contribution in [1.82, 2.24) is 0 Å². The van der Waals surface area contributed by atoms with Gasteiger partial charge in [-0.05, 0) is 17.7 Å². The highest BCUT2D eigenvalue weighted by molar-refractivity contribution is 8.04. The van der Waals surface area contributed by atoms with Crippen LogP contribution in [0.25, 0.3) is 5.57 Å². The van der Waals surface area contributed by atoms with E-state index in [-0.39, 0.29) is 10.8 Å². The first-order chi connectivity index (χ1) is 13.3. The second-order valence-corrected chi connectivity index (χ2v) is 7.98. The van der Waals surface area contributed by atoms with Crippen LogP contribution in [-0.2, 0) is 9.59 Å². The summed E-state index contributed by atoms with van der Waals surface area (Å²) in [6.07, 6.45) is 0. The zero-order valence-corrected chi connectivity index (χ0v) is 16.8. The van der Waals surface area contributed by atoms with E-state index in [0.717, 1.165) is 4.90 Å². The van der Waals surface area contributed by atoms with E-state index < -0.39 is 17.6 Å². The Balaban J connectivity index is 2.12. The monoisotopic (exact) mass is 401 g/mol. The number of carbonyl (C=O) groups excluding carboxylic acids is 2. The molecular formula is C21H20FNO4S. The summed E-state index contributed by atoms with van der Waals surface area (Å²) in [5.74, 6) is -0.367. The largest absolute Gasteiger partial charge is 0.497 e. The Morgan fingerprint density at radius 3 is 2.00 bits per heavy atom. The van der Waals surface area contributed by atoms with E-state index in [2.05, 4.69) is 0 Å². The molecule has 0 fully saturated rings. The van der Waals surface area contributed by atoms with Gasteiger partial charge in [-0.1, -0.05) is 26.0 Å². The Hall–Kier alpha value is -2.80. The van der Waals surface area contributed by atoms with Crippen LogP contribution in [0.2, 0.25) is 0 Å². The van der Waals surface area contributed by atoms with Crippen molar-refractivity contribution in [2.75, 3.05) is 19.1 Å². The van der Waals surface area contributed by atoms with Gasteiger partial charge in [0.1, 0.15) is 17.3 Å². The number of halogens is 1. The van der Waals surface area contributed by atoms with Crippen molar-refractivity contribution in [2.45, 2.75) is 19.1 Å². The van der Waals surface area contributed by atoms with Gasteiger partial charge >= 0.3 is 0 Å². The zero-order valence-electron chi connectivity index (χ0n) is 16.0. The number of rotatable bonds is 6. The van der Waals surface area contributed by atoms with Crippen LogP contribution in [-0.4, -0.2) is 31.3 Å². The average Bonchev–Trinajstić information content (AvgIpc) is 2.91. The van der Waals surface area contributed by atoms with Gasteiger partial charge in [-0.15, -0.1) is 11.8 Å². The molecule has 0 spiro atoms. The van der Waals surface area contributed by atoms with Crippen molar-refractivity contribution < 1.29 is 23.5 Å². The lowest BCUT2D eigenvalue weighted by atomic mass is 10.1. The summed E-state index contributed by atoms with van der Waals surface area (Å²) in [6.45, 7) is 3.88. The molecular weight excluding hydrogens is 381 g/mol. The minimum Gasteiger partial charge on any atom is -0.497 e. The SMILES string of the molecule is COc1cc(OC)cc(N2C(=O)C(SC(C)C)=C(c3ccc(F)cc3)C2=O)c1. The number of hydrogen-bond acceptors (Lipinski definition) is 5. The topological polar surface area (TPSA) is 55.8 Å². The van der Waals surface area contributed by atoms with Crippen LogP contribution in [0, 0.1) is 5.82 Å². The number of methoxy groups -OCH3 is 2. The van der Waals surface area contributed by atoms with Crippen molar-refractivity contribution in [1.29, 1.82) is 0 Å². The number of imide groups is 1. The number of anilines is 1.